The number of carbonyl (C=O) groups excluding carboxylic acids is 1. The van der Waals surface area contributed by atoms with Crippen molar-refractivity contribution in [3.8, 4) is 27.6 Å². The highest BCUT2D eigenvalue weighted by molar-refractivity contribution is 7.22. The Morgan fingerprint density at radius 2 is 1.82 bits per heavy atom. The topological polar surface area (TPSA) is 73.7 Å². The third-order valence-corrected chi connectivity index (χ3v) is 6.87. The lowest BCUT2D eigenvalue weighted by Gasteiger charge is -2.19. The van der Waals surface area contributed by atoms with Crippen LogP contribution in [-0.2, 0) is 4.79 Å². The number of likely N-dealkylation sites (N-methyl/N-ethyl adjacent to an activating group) is 1. The first-order chi connectivity index (χ1) is 16.4. The van der Waals surface area contributed by atoms with E-state index in [9.17, 15) is 9.59 Å². The van der Waals surface area contributed by atoms with E-state index in [-0.39, 0.29) is 18.1 Å². The number of amides is 1. The Bertz CT molecular complexity index is 1380. The van der Waals surface area contributed by atoms with Crippen molar-refractivity contribution < 1.29 is 14.3 Å². The van der Waals surface area contributed by atoms with Gasteiger partial charge < -0.3 is 14.4 Å². The van der Waals surface area contributed by atoms with Crippen LogP contribution in [0, 0.1) is 0 Å². The van der Waals surface area contributed by atoms with Gasteiger partial charge >= 0.3 is 0 Å². The minimum atomic E-state index is -0.178. The van der Waals surface area contributed by atoms with E-state index < -0.39 is 0 Å². The summed E-state index contributed by atoms with van der Waals surface area (Å²) in [6.45, 7) is 5.00. The number of fused-ring (bicyclic) bond motifs is 1. The van der Waals surface area contributed by atoms with Crippen LogP contribution >= 0.6 is 22.9 Å². The predicted molar refractivity (Wildman–Crippen MR) is 136 cm³/mol. The second kappa shape index (κ2) is 10.3. The molecule has 0 radical (unpaired) electrons. The van der Waals surface area contributed by atoms with E-state index in [4.69, 9.17) is 21.1 Å². The second-order valence-electron chi connectivity index (χ2n) is 7.44. The molecule has 0 aliphatic carbocycles. The Balaban J connectivity index is 1.63. The molecule has 1 amide bonds. The van der Waals surface area contributed by atoms with E-state index in [0.29, 0.717) is 45.5 Å². The molecule has 7 nitrogen and oxygen atoms in total. The maximum atomic E-state index is 13.3. The Hall–Kier alpha value is -3.36. The van der Waals surface area contributed by atoms with E-state index >= 15 is 0 Å². The van der Waals surface area contributed by atoms with Gasteiger partial charge in [-0.2, -0.15) is 0 Å². The lowest BCUT2D eigenvalue weighted by atomic mass is 10.2. The van der Waals surface area contributed by atoms with Crippen molar-refractivity contribution in [3.63, 3.8) is 0 Å². The van der Waals surface area contributed by atoms with Gasteiger partial charge in [-0.05, 0) is 49.7 Å². The van der Waals surface area contributed by atoms with Crippen LogP contribution in [0.1, 0.15) is 13.8 Å². The molecule has 0 bridgehead atoms. The Morgan fingerprint density at radius 1 is 1.09 bits per heavy atom. The molecule has 9 heteroatoms. The van der Waals surface area contributed by atoms with Gasteiger partial charge in [-0.1, -0.05) is 23.7 Å². The maximum Gasteiger partial charge on any atom is 0.275 e. The molecular weight excluding hydrogens is 474 g/mol. The molecule has 34 heavy (non-hydrogen) atoms. The molecule has 0 aliphatic heterocycles. The molecule has 2 aromatic heterocycles. The first kappa shape index (κ1) is 23.8. The average Bonchev–Trinajstić information content (AvgIpc) is 3.29. The molecule has 0 unspecified atom stereocenters. The highest BCUT2D eigenvalue weighted by Crippen LogP contribution is 2.33. The molecule has 0 saturated heterocycles. The lowest BCUT2D eigenvalue weighted by Crippen LogP contribution is -2.34. The van der Waals surface area contributed by atoms with Crippen LogP contribution in [0.15, 0.2) is 59.7 Å². The van der Waals surface area contributed by atoms with Crippen molar-refractivity contribution in [2.45, 2.75) is 13.8 Å². The molecule has 0 fully saturated rings. The molecule has 0 atom stereocenters. The van der Waals surface area contributed by atoms with Crippen molar-refractivity contribution in [2.24, 2.45) is 0 Å². The Labute approximate surface area is 206 Å². The summed E-state index contributed by atoms with van der Waals surface area (Å²) >= 11 is 7.38. The molecule has 0 saturated carbocycles. The molecule has 0 N–H and O–H groups in total. The zero-order valence-electron chi connectivity index (χ0n) is 19.1. The van der Waals surface area contributed by atoms with Crippen LogP contribution in [0.2, 0.25) is 5.02 Å². The Kier molecular flexibility index (Phi) is 7.19. The molecule has 2 aromatic carbocycles. The lowest BCUT2D eigenvalue weighted by molar-refractivity contribution is -0.132. The molecule has 0 spiro atoms. The third-order valence-electron chi connectivity index (χ3n) is 5.46. The van der Waals surface area contributed by atoms with E-state index in [1.165, 1.54) is 29.3 Å². The summed E-state index contributed by atoms with van der Waals surface area (Å²) in [6.07, 6.45) is 1.50. The van der Waals surface area contributed by atoms with Gasteiger partial charge in [0.2, 0.25) is 0 Å². The molecule has 176 valence electrons. The summed E-state index contributed by atoms with van der Waals surface area (Å²) in [6, 6.07) is 14.5. The maximum absolute atomic E-state index is 13.3. The van der Waals surface area contributed by atoms with Gasteiger partial charge in [0, 0.05) is 29.1 Å². The SMILES string of the molecule is CCN(CC)C(=O)COc1ccc(-n2cnc3cc(-c4ccc(Cl)cc4)sc3c2=O)cc1OC. The number of aromatic nitrogens is 2. The standard InChI is InChI=1S/C25H24ClN3O4S/c1-4-28(5-2)23(30)14-33-20-11-10-18(12-21(20)32-3)29-15-27-19-13-22(34-24(19)25(29)31)16-6-8-17(26)9-7-16/h6-13,15H,4-5,14H2,1-3H3. The molecular formula is C25H24ClN3O4S. The first-order valence-electron chi connectivity index (χ1n) is 10.8. The summed E-state index contributed by atoms with van der Waals surface area (Å²) in [7, 11) is 1.51. The zero-order valence-corrected chi connectivity index (χ0v) is 20.7. The number of rotatable bonds is 8. The van der Waals surface area contributed by atoms with Gasteiger partial charge in [-0.15, -0.1) is 11.3 Å². The predicted octanol–water partition coefficient (Wildman–Crippen LogP) is 5.02. The van der Waals surface area contributed by atoms with Crippen molar-refractivity contribution in [1.29, 1.82) is 0 Å². The van der Waals surface area contributed by atoms with E-state index in [0.717, 1.165) is 10.4 Å². The highest BCUT2D eigenvalue weighted by Gasteiger charge is 2.15. The smallest absolute Gasteiger partial charge is 0.275 e. The number of benzene rings is 2. The van der Waals surface area contributed by atoms with E-state index in [1.54, 1.807) is 23.1 Å². The van der Waals surface area contributed by atoms with Crippen molar-refractivity contribution >= 4 is 39.1 Å². The number of hydrogen-bond donors (Lipinski definition) is 0. The summed E-state index contributed by atoms with van der Waals surface area (Å²) in [4.78, 5) is 32.6. The quantitative estimate of drug-likeness (QED) is 0.341. The number of carbonyl (C=O) groups is 1. The Morgan fingerprint density at radius 3 is 2.50 bits per heavy atom. The number of methoxy groups -OCH3 is 1. The fourth-order valence-electron chi connectivity index (χ4n) is 3.59. The van der Waals surface area contributed by atoms with E-state index in [2.05, 4.69) is 4.98 Å². The summed E-state index contributed by atoms with van der Waals surface area (Å²) < 4.78 is 13.2. The number of halogens is 1. The average molecular weight is 498 g/mol. The van der Waals surface area contributed by atoms with Crippen molar-refractivity contribution in [2.75, 3.05) is 26.8 Å². The molecule has 4 aromatic rings. The minimum Gasteiger partial charge on any atom is -0.493 e. The number of thiophene rings is 1. The van der Waals surface area contributed by atoms with Crippen LogP contribution in [0.5, 0.6) is 11.5 Å². The second-order valence-corrected chi connectivity index (χ2v) is 8.93. The largest absolute Gasteiger partial charge is 0.493 e. The minimum absolute atomic E-state index is 0.0898. The normalized spacial score (nSPS) is 10.9. The van der Waals surface area contributed by atoms with E-state index in [1.807, 2.05) is 44.2 Å². The number of ether oxygens (including phenoxy) is 2. The van der Waals surface area contributed by atoms with Gasteiger partial charge in [0.1, 0.15) is 11.0 Å². The van der Waals surface area contributed by atoms with Gasteiger partial charge in [-0.3, -0.25) is 14.2 Å². The number of hydrogen-bond acceptors (Lipinski definition) is 6. The summed E-state index contributed by atoms with van der Waals surface area (Å²) in [5, 5.41) is 0.657. The van der Waals surface area contributed by atoms with Gasteiger partial charge in [0.05, 0.1) is 18.3 Å². The van der Waals surface area contributed by atoms with Crippen LogP contribution in [0.3, 0.4) is 0 Å². The van der Waals surface area contributed by atoms with Crippen LogP contribution in [0.4, 0.5) is 0 Å². The molecule has 0 aliphatic rings. The first-order valence-corrected chi connectivity index (χ1v) is 12.0. The van der Waals surface area contributed by atoms with Crippen LogP contribution < -0.4 is 15.0 Å². The highest BCUT2D eigenvalue weighted by atomic mass is 35.5. The number of nitrogens with zero attached hydrogens (tertiary/aromatic N) is 3. The van der Waals surface area contributed by atoms with Crippen molar-refractivity contribution in [1.82, 2.24) is 14.5 Å². The fourth-order valence-corrected chi connectivity index (χ4v) is 4.76. The molecule has 4 rings (SSSR count). The summed E-state index contributed by atoms with van der Waals surface area (Å²) in [5.41, 5.74) is 2.02. The van der Waals surface area contributed by atoms with Gasteiger partial charge in [0.15, 0.2) is 18.1 Å². The fraction of sp³-hybridized carbons (Fsp3) is 0.240. The van der Waals surface area contributed by atoms with Crippen molar-refractivity contribution in [3.05, 3.63) is 70.2 Å². The van der Waals surface area contributed by atoms with Gasteiger partial charge in [-0.25, -0.2) is 4.98 Å². The summed E-state index contributed by atoms with van der Waals surface area (Å²) in [5.74, 6) is 0.746. The van der Waals surface area contributed by atoms with Crippen LogP contribution in [-0.4, -0.2) is 47.2 Å². The molecule has 2 heterocycles. The van der Waals surface area contributed by atoms with Crippen LogP contribution in [0.25, 0.3) is 26.3 Å². The monoisotopic (exact) mass is 497 g/mol. The third kappa shape index (κ3) is 4.78. The zero-order chi connectivity index (χ0) is 24.2. The van der Waals surface area contributed by atoms with Gasteiger partial charge in [0.25, 0.3) is 11.5 Å².